The van der Waals surface area contributed by atoms with Crippen molar-refractivity contribution in [1.82, 2.24) is 0 Å². The highest BCUT2D eigenvalue weighted by Crippen LogP contribution is 2.35. The van der Waals surface area contributed by atoms with Crippen LogP contribution in [0.2, 0.25) is 0 Å². The summed E-state index contributed by atoms with van der Waals surface area (Å²) in [5.41, 5.74) is 16.4. The Morgan fingerprint density at radius 2 is 0.912 bits per heavy atom. The van der Waals surface area contributed by atoms with Crippen molar-refractivity contribution in [3.63, 3.8) is 0 Å². The number of benzene rings is 3. The number of rotatable bonds is 15. The Bertz CT molecular complexity index is 891. The quantitative estimate of drug-likeness (QED) is 0.176. The Morgan fingerprint density at radius 3 is 1.35 bits per heavy atom. The van der Waals surface area contributed by atoms with E-state index in [4.69, 9.17) is 16.2 Å². The lowest BCUT2D eigenvalue weighted by atomic mass is 10.1. The fourth-order valence-corrected chi connectivity index (χ4v) is 4.16. The summed E-state index contributed by atoms with van der Waals surface area (Å²) in [5.74, 6) is 0.911. The van der Waals surface area contributed by atoms with E-state index in [1.54, 1.807) is 0 Å². The van der Waals surface area contributed by atoms with Crippen molar-refractivity contribution in [2.24, 2.45) is 0 Å². The van der Waals surface area contributed by atoms with Crippen LogP contribution in [0, 0.1) is 0 Å². The monoisotopic (exact) mass is 459 g/mol. The second-order valence-electron chi connectivity index (χ2n) is 9.04. The van der Waals surface area contributed by atoms with E-state index in [0.29, 0.717) is 0 Å². The molecule has 0 heterocycles. The highest BCUT2D eigenvalue weighted by atomic mass is 16.5. The zero-order valence-electron chi connectivity index (χ0n) is 20.7. The molecule has 0 spiro atoms. The Morgan fingerprint density at radius 1 is 0.529 bits per heavy atom. The lowest BCUT2D eigenvalue weighted by Gasteiger charge is -2.25. The summed E-state index contributed by atoms with van der Waals surface area (Å²) < 4.78 is 6.00. The van der Waals surface area contributed by atoms with E-state index in [-0.39, 0.29) is 0 Å². The first-order valence-corrected chi connectivity index (χ1v) is 12.9. The van der Waals surface area contributed by atoms with Crippen LogP contribution in [0.25, 0.3) is 0 Å². The van der Waals surface area contributed by atoms with Gasteiger partial charge in [-0.15, -0.1) is 0 Å². The van der Waals surface area contributed by atoms with Crippen molar-refractivity contribution in [3.8, 4) is 5.75 Å². The topological polar surface area (TPSA) is 64.5 Å². The second kappa shape index (κ2) is 14.2. The number of nitrogen functional groups attached to an aromatic ring is 2. The molecule has 0 bridgehead atoms. The summed E-state index contributed by atoms with van der Waals surface area (Å²) >= 11 is 0. The Hall–Kier alpha value is -3.14. The predicted octanol–water partition coefficient (Wildman–Crippen LogP) is 8.62. The van der Waals surface area contributed by atoms with Gasteiger partial charge in [-0.3, -0.25) is 0 Å². The molecule has 34 heavy (non-hydrogen) atoms. The molecule has 4 heteroatoms. The van der Waals surface area contributed by atoms with Gasteiger partial charge in [0.1, 0.15) is 5.75 Å². The van der Waals surface area contributed by atoms with Gasteiger partial charge in [-0.25, -0.2) is 0 Å². The van der Waals surface area contributed by atoms with Crippen molar-refractivity contribution in [2.45, 2.75) is 71.1 Å². The normalized spacial score (nSPS) is 10.9. The van der Waals surface area contributed by atoms with Crippen LogP contribution in [0.3, 0.4) is 0 Å². The van der Waals surface area contributed by atoms with Gasteiger partial charge in [0.15, 0.2) is 0 Å². The van der Waals surface area contributed by atoms with E-state index in [1.807, 2.05) is 60.7 Å². The fourth-order valence-electron chi connectivity index (χ4n) is 4.16. The third kappa shape index (κ3) is 8.33. The van der Waals surface area contributed by atoms with Crippen LogP contribution >= 0.6 is 0 Å². The number of ether oxygens (including phenoxy) is 1. The molecule has 0 aliphatic carbocycles. The summed E-state index contributed by atoms with van der Waals surface area (Å²) in [6.07, 6.45) is 13.3. The molecule has 0 unspecified atom stereocenters. The summed E-state index contributed by atoms with van der Waals surface area (Å²) in [6, 6.07) is 24.1. The molecule has 3 aromatic rings. The van der Waals surface area contributed by atoms with E-state index in [0.717, 1.165) is 47.2 Å². The third-order valence-electron chi connectivity index (χ3n) is 6.16. The molecule has 3 rings (SSSR count). The minimum atomic E-state index is 0.747. The molecule has 3 aromatic carbocycles. The SMILES string of the molecule is CCCCCCCCCCCCOc1ccc(N(c2ccc(N)cc2)c2ccc(N)cc2)cc1. The lowest BCUT2D eigenvalue weighted by molar-refractivity contribution is 0.304. The third-order valence-corrected chi connectivity index (χ3v) is 6.16. The highest BCUT2D eigenvalue weighted by Gasteiger charge is 2.12. The number of nitrogens with zero attached hydrogens (tertiary/aromatic N) is 1. The van der Waals surface area contributed by atoms with E-state index >= 15 is 0 Å². The first kappa shape index (κ1) is 25.5. The van der Waals surface area contributed by atoms with Crippen LogP contribution in [0.15, 0.2) is 72.8 Å². The number of nitrogens with two attached hydrogens (primary N) is 2. The largest absolute Gasteiger partial charge is 0.494 e. The Kier molecular flexibility index (Phi) is 10.6. The van der Waals surface area contributed by atoms with Crippen molar-refractivity contribution in [2.75, 3.05) is 23.0 Å². The molecule has 0 saturated carbocycles. The van der Waals surface area contributed by atoms with Gasteiger partial charge in [0, 0.05) is 28.4 Å². The van der Waals surface area contributed by atoms with Crippen LogP contribution in [0.4, 0.5) is 28.4 Å². The van der Waals surface area contributed by atoms with Gasteiger partial charge in [0.25, 0.3) is 0 Å². The number of unbranched alkanes of at least 4 members (excludes halogenated alkanes) is 9. The van der Waals surface area contributed by atoms with Gasteiger partial charge in [0.05, 0.1) is 6.61 Å². The van der Waals surface area contributed by atoms with Gasteiger partial charge in [-0.05, 0) is 79.2 Å². The van der Waals surface area contributed by atoms with Crippen LogP contribution < -0.4 is 21.1 Å². The average molecular weight is 460 g/mol. The van der Waals surface area contributed by atoms with Crippen LogP contribution in [-0.4, -0.2) is 6.61 Å². The van der Waals surface area contributed by atoms with Gasteiger partial charge in [0.2, 0.25) is 0 Å². The van der Waals surface area contributed by atoms with Crippen LogP contribution in [0.1, 0.15) is 71.1 Å². The first-order valence-electron chi connectivity index (χ1n) is 12.9. The number of hydrogen-bond acceptors (Lipinski definition) is 4. The van der Waals surface area contributed by atoms with Crippen LogP contribution in [0.5, 0.6) is 5.75 Å². The number of anilines is 5. The van der Waals surface area contributed by atoms with Crippen molar-refractivity contribution < 1.29 is 4.74 Å². The zero-order chi connectivity index (χ0) is 24.0. The van der Waals surface area contributed by atoms with E-state index in [2.05, 4.69) is 24.0 Å². The van der Waals surface area contributed by atoms with Gasteiger partial charge < -0.3 is 21.1 Å². The van der Waals surface area contributed by atoms with Gasteiger partial charge in [-0.2, -0.15) is 0 Å². The van der Waals surface area contributed by atoms with E-state index < -0.39 is 0 Å². The standard InChI is InChI=1S/C30H41N3O/c1-2-3-4-5-6-7-8-9-10-11-24-34-30-22-20-29(21-23-30)33(27-16-12-25(31)13-17-27)28-18-14-26(32)15-19-28/h12-23H,2-11,24,31-32H2,1H3. The molecule has 0 aromatic heterocycles. The minimum absolute atomic E-state index is 0.747. The molecular formula is C30H41N3O. The second-order valence-corrected chi connectivity index (χ2v) is 9.04. The molecule has 4 N–H and O–H groups in total. The molecule has 0 saturated heterocycles. The smallest absolute Gasteiger partial charge is 0.119 e. The molecule has 4 nitrogen and oxygen atoms in total. The van der Waals surface area contributed by atoms with Crippen molar-refractivity contribution >= 4 is 28.4 Å². The minimum Gasteiger partial charge on any atom is -0.494 e. The van der Waals surface area contributed by atoms with Crippen molar-refractivity contribution in [1.29, 1.82) is 0 Å². The van der Waals surface area contributed by atoms with Crippen LogP contribution in [-0.2, 0) is 0 Å². The molecule has 0 fully saturated rings. The highest BCUT2D eigenvalue weighted by molar-refractivity contribution is 5.78. The first-order chi connectivity index (χ1) is 16.7. The lowest BCUT2D eigenvalue weighted by Crippen LogP contribution is -2.10. The maximum Gasteiger partial charge on any atom is 0.119 e. The molecule has 0 aliphatic heterocycles. The Labute approximate surface area is 205 Å². The molecule has 0 aliphatic rings. The average Bonchev–Trinajstić information content (AvgIpc) is 2.86. The van der Waals surface area contributed by atoms with E-state index in [1.165, 1.54) is 57.8 Å². The Balaban J connectivity index is 1.48. The number of hydrogen-bond donors (Lipinski definition) is 2. The van der Waals surface area contributed by atoms with E-state index in [9.17, 15) is 0 Å². The molecule has 182 valence electrons. The van der Waals surface area contributed by atoms with Gasteiger partial charge >= 0.3 is 0 Å². The summed E-state index contributed by atoms with van der Waals surface area (Å²) in [4.78, 5) is 2.19. The fraction of sp³-hybridized carbons (Fsp3) is 0.400. The molecule has 0 atom stereocenters. The zero-order valence-corrected chi connectivity index (χ0v) is 20.7. The summed E-state index contributed by atoms with van der Waals surface area (Å²) in [7, 11) is 0. The molecule has 0 amide bonds. The maximum atomic E-state index is 6.00. The van der Waals surface area contributed by atoms with Crippen molar-refractivity contribution in [3.05, 3.63) is 72.8 Å². The summed E-state index contributed by atoms with van der Waals surface area (Å²) in [5, 5.41) is 0. The summed E-state index contributed by atoms with van der Waals surface area (Å²) in [6.45, 7) is 3.05. The maximum absolute atomic E-state index is 6.00. The molecular weight excluding hydrogens is 418 g/mol. The van der Waals surface area contributed by atoms with Gasteiger partial charge in [-0.1, -0.05) is 64.7 Å². The predicted molar refractivity (Wildman–Crippen MR) is 147 cm³/mol. The molecule has 0 radical (unpaired) electrons.